The molecule has 12 heavy (non-hydrogen) atoms. The Balaban J connectivity index is 2.32. The predicted octanol–water partition coefficient (Wildman–Crippen LogP) is 0.864. The molecule has 1 amide bonds. The lowest BCUT2D eigenvalue weighted by Gasteiger charge is -2.18. The van der Waals surface area contributed by atoms with Crippen LogP contribution in [0, 0.1) is 0 Å². The van der Waals surface area contributed by atoms with Gasteiger partial charge in [0.1, 0.15) is 0 Å². The molecule has 1 aliphatic rings. The van der Waals surface area contributed by atoms with Crippen molar-refractivity contribution in [1.82, 2.24) is 4.90 Å². The molecule has 70 valence electrons. The van der Waals surface area contributed by atoms with Crippen LogP contribution in [0.5, 0.6) is 0 Å². The highest BCUT2D eigenvalue weighted by atomic mass is 35.5. The summed E-state index contributed by atoms with van der Waals surface area (Å²) in [6.07, 6.45) is 1.38. The maximum Gasteiger partial charge on any atom is 0.223 e. The van der Waals surface area contributed by atoms with Crippen molar-refractivity contribution in [2.45, 2.75) is 12.8 Å². The smallest absolute Gasteiger partial charge is 0.223 e. The average molecular weight is 192 g/mol. The summed E-state index contributed by atoms with van der Waals surface area (Å²) in [4.78, 5) is 13.2. The molecule has 0 bridgehead atoms. The Hall–Kier alpha value is -0.280. The van der Waals surface area contributed by atoms with E-state index >= 15 is 0 Å². The van der Waals surface area contributed by atoms with E-state index in [9.17, 15) is 4.79 Å². The molecule has 0 saturated carbocycles. The minimum atomic E-state index is 0.149. The first-order valence-electron chi connectivity index (χ1n) is 4.26. The molecule has 1 saturated heterocycles. The zero-order valence-electron chi connectivity index (χ0n) is 7.09. The molecule has 0 aliphatic carbocycles. The summed E-state index contributed by atoms with van der Waals surface area (Å²) < 4.78 is 5.23. The van der Waals surface area contributed by atoms with Crippen molar-refractivity contribution in [1.29, 1.82) is 0 Å². The number of amides is 1. The monoisotopic (exact) mass is 191 g/mol. The van der Waals surface area contributed by atoms with E-state index in [1.165, 1.54) is 0 Å². The maximum absolute atomic E-state index is 11.3. The Bertz CT molecular complexity index is 144. The third-order valence-corrected chi connectivity index (χ3v) is 2.07. The van der Waals surface area contributed by atoms with Gasteiger partial charge >= 0.3 is 0 Å². The number of ether oxygens (including phenoxy) is 1. The molecular formula is C8H14ClNO2. The summed E-state index contributed by atoms with van der Waals surface area (Å²) in [5.74, 6) is 0.561. The van der Waals surface area contributed by atoms with Crippen LogP contribution in [0.15, 0.2) is 0 Å². The number of halogens is 1. The van der Waals surface area contributed by atoms with Crippen LogP contribution in [0.3, 0.4) is 0 Å². The third kappa shape index (κ3) is 2.99. The standard InChI is InChI=1S/C8H14ClNO2/c9-3-2-8(11)10-4-1-6-12-7-5-10/h1-7H2. The minimum absolute atomic E-state index is 0.149. The molecule has 0 unspecified atom stereocenters. The van der Waals surface area contributed by atoms with Gasteiger partial charge in [0.2, 0.25) is 5.91 Å². The van der Waals surface area contributed by atoms with Gasteiger partial charge < -0.3 is 9.64 Å². The highest BCUT2D eigenvalue weighted by Gasteiger charge is 2.14. The highest BCUT2D eigenvalue weighted by molar-refractivity contribution is 6.18. The Morgan fingerprint density at radius 2 is 2.25 bits per heavy atom. The second kappa shape index (κ2) is 5.38. The van der Waals surface area contributed by atoms with Crippen molar-refractivity contribution in [2.24, 2.45) is 0 Å². The number of rotatable bonds is 2. The molecule has 3 nitrogen and oxygen atoms in total. The molecule has 1 aliphatic heterocycles. The Morgan fingerprint density at radius 1 is 1.42 bits per heavy atom. The molecule has 0 aromatic rings. The lowest BCUT2D eigenvalue weighted by molar-refractivity contribution is -0.130. The maximum atomic E-state index is 11.3. The number of nitrogens with zero attached hydrogens (tertiary/aromatic N) is 1. The average Bonchev–Trinajstić information content (AvgIpc) is 2.32. The van der Waals surface area contributed by atoms with Crippen molar-refractivity contribution < 1.29 is 9.53 Å². The Kier molecular flexibility index (Phi) is 4.40. The molecule has 0 atom stereocenters. The number of carbonyl (C=O) groups is 1. The molecule has 0 spiro atoms. The van der Waals surface area contributed by atoms with Crippen LogP contribution in [0.1, 0.15) is 12.8 Å². The van der Waals surface area contributed by atoms with Gasteiger partial charge in [0.15, 0.2) is 0 Å². The van der Waals surface area contributed by atoms with Gasteiger partial charge in [-0.15, -0.1) is 11.6 Å². The predicted molar refractivity (Wildman–Crippen MR) is 47.4 cm³/mol. The van der Waals surface area contributed by atoms with Crippen LogP contribution in [0.25, 0.3) is 0 Å². The van der Waals surface area contributed by atoms with Crippen molar-refractivity contribution >= 4 is 17.5 Å². The molecule has 1 rings (SSSR count). The van der Waals surface area contributed by atoms with Gasteiger partial charge in [-0.2, -0.15) is 0 Å². The number of hydrogen-bond acceptors (Lipinski definition) is 2. The number of carbonyl (C=O) groups excluding carboxylic acids is 1. The quantitative estimate of drug-likeness (QED) is 0.607. The first-order chi connectivity index (χ1) is 5.84. The van der Waals surface area contributed by atoms with E-state index in [1.807, 2.05) is 4.90 Å². The molecule has 0 N–H and O–H groups in total. The Morgan fingerprint density at radius 3 is 3.00 bits per heavy atom. The van der Waals surface area contributed by atoms with Crippen LogP contribution < -0.4 is 0 Å². The van der Waals surface area contributed by atoms with Crippen LogP contribution in [0.4, 0.5) is 0 Å². The fourth-order valence-electron chi connectivity index (χ4n) is 1.23. The summed E-state index contributed by atoms with van der Waals surface area (Å²) in [5.41, 5.74) is 0. The van der Waals surface area contributed by atoms with Gasteiger partial charge in [-0.3, -0.25) is 4.79 Å². The van der Waals surface area contributed by atoms with Crippen LogP contribution in [0.2, 0.25) is 0 Å². The second-order valence-corrected chi connectivity index (χ2v) is 3.16. The van der Waals surface area contributed by atoms with Gasteiger partial charge in [-0.05, 0) is 6.42 Å². The number of alkyl halides is 1. The van der Waals surface area contributed by atoms with Crippen LogP contribution >= 0.6 is 11.6 Å². The fraction of sp³-hybridized carbons (Fsp3) is 0.875. The summed E-state index contributed by atoms with van der Waals surface area (Å²) in [6.45, 7) is 2.96. The molecule has 1 heterocycles. The van der Waals surface area contributed by atoms with Gasteiger partial charge in [0, 0.05) is 32.0 Å². The van der Waals surface area contributed by atoms with E-state index < -0.39 is 0 Å². The van der Waals surface area contributed by atoms with Crippen molar-refractivity contribution in [2.75, 3.05) is 32.2 Å². The topological polar surface area (TPSA) is 29.5 Å². The fourth-order valence-corrected chi connectivity index (χ4v) is 1.40. The van der Waals surface area contributed by atoms with Gasteiger partial charge in [-0.1, -0.05) is 0 Å². The minimum Gasteiger partial charge on any atom is -0.380 e. The second-order valence-electron chi connectivity index (χ2n) is 2.79. The van der Waals surface area contributed by atoms with E-state index in [0.717, 1.165) is 26.1 Å². The first-order valence-corrected chi connectivity index (χ1v) is 4.79. The molecule has 4 heteroatoms. The van der Waals surface area contributed by atoms with E-state index in [0.29, 0.717) is 18.9 Å². The summed E-state index contributed by atoms with van der Waals surface area (Å²) >= 11 is 5.48. The third-order valence-electron chi connectivity index (χ3n) is 1.88. The lowest BCUT2D eigenvalue weighted by Crippen LogP contribution is -2.33. The molecule has 0 aromatic carbocycles. The van der Waals surface area contributed by atoms with Crippen molar-refractivity contribution in [3.8, 4) is 0 Å². The molecule has 0 aromatic heterocycles. The normalized spacial score (nSPS) is 18.9. The summed E-state index contributed by atoms with van der Waals surface area (Å²) in [6, 6.07) is 0. The summed E-state index contributed by atoms with van der Waals surface area (Å²) in [7, 11) is 0. The highest BCUT2D eigenvalue weighted by Crippen LogP contribution is 2.02. The Labute approximate surface area is 77.6 Å². The lowest BCUT2D eigenvalue weighted by atomic mass is 10.3. The summed E-state index contributed by atoms with van der Waals surface area (Å²) in [5, 5.41) is 0. The zero-order chi connectivity index (χ0) is 8.81. The van der Waals surface area contributed by atoms with Crippen molar-refractivity contribution in [3.05, 3.63) is 0 Å². The van der Waals surface area contributed by atoms with E-state index in [4.69, 9.17) is 16.3 Å². The molecule has 0 radical (unpaired) electrons. The van der Waals surface area contributed by atoms with E-state index in [2.05, 4.69) is 0 Å². The van der Waals surface area contributed by atoms with Gasteiger partial charge in [0.05, 0.1) is 6.61 Å². The molecule has 1 fully saturated rings. The van der Waals surface area contributed by atoms with Gasteiger partial charge in [0.25, 0.3) is 0 Å². The zero-order valence-corrected chi connectivity index (χ0v) is 7.85. The van der Waals surface area contributed by atoms with Crippen molar-refractivity contribution in [3.63, 3.8) is 0 Å². The molecular weight excluding hydrogens is 178 g/mol. The van der Waals surface area contributed by atoms with E-state index in [-0.39, 0.29) is 5.91 Å². The SMILES string of the molecule is O=C(CCCl)N1CCCOCC1. The largest absolute Gasteiger partial charge is 0.380 e. The van der Waals surface area contributed by atoms with Gasteiger partial charge in [-0.25, -0.2) is 0 Å². The number of hydrogen-bond donors (Lipinski definition) is 0. The van der Waals surface area contributed by atoms with E-state index in [1.54, 1.807) is 0 Å². The van der Waals surface area contributed by atoms with Crippen LogP contribution in [-0.4, -0.2) is 43.0 Å². The first kappa shape index (κ1) is 9.81. The van der Waals surface area contributed by atoms with Crippen LogP contribution in [-0.2, 0) is 9.53 Å².